The molecular weight excluding hydrogens is 336 g/mol. The predicted molar refractivity (Wildman–Crippen MR) is 94.4 cm³/mol. The fourth-order valence-electron chi connectivity index (χ4n) is 4.80. The Morgan fingerprint density at radius 2 is 1.96 bits per heavy atom. The second-order valence-corrected chi connectivity index (χ2v) is 7.97. The van der Waals surface area contributed by atoms with Crippen molar-refractivity contribution in [2.24, 2.45) is 5.41 Å². The molecule has 1 saturated carbocycles. The van der Waals surface area contributed by atoms with E-state index in [1.807, 2.05) is 6.92 Å². The van der Waals surface area contributed by atoms with Crippen LogP contribution < -0.4 is 5.32 Å². The quantitative estimate of drug-likeness (QED) is 0.596. The number of ether oxygens (including phenoxy) is 2. The Labute approximate surface area is 154 Å². The minimum absolute atomic E-state index is 0.0300. The monoisotopic (exact) mass is 366 g/mol. The summed E-state index contributed by atoms with van der Waals surface area (Å²) in [5, 5.41) is 3.20. The van der Waals surface area contributed by atoms with E-state index in [2.05, 4.69) is 5.32 Å². The summed E-state index contributed by atoms with van der Waals surface area (Å²) in [7, 11) is 0. The molecule has 0 aromatic carbocycles. The molecule has 2 aliphatic heterocycles. The van der Waals surface area contributed by atoms with Crippen molar-refractivity contribution in [1.29, 1.82) is 0 Å². The van der Waals surface area contributed by atoms with Crippen molar-refractivity contribution in [3.05, 3.63) is 0 Å². The summed E-state index contributed by atoms with van der Waals surface area (Å²) in [4.78, 5) is 39.3. The average molecular weight is 366 g/mol. The molecule has 0 aromatic heterocycles. The number of hydrogen-bond acceptors (Lipinski definition) is 5. The summed E-state index contributed by atoms with van der Waals surface area (Å²) in [6, 6.07) is -0.744. The minimum Gasteiger partial charge on any atom is -0.464 e. The molecule has 3 aliphatic rings. The van der Waals surface area contributed by atoms with E-state index in [4.69, 9.17) is 9.47 Å². The van der Waals surface area contributed by atoms with Gasteiger partial charge in [-0.2, -0.15) is 0 Å². The van der Waals surface area contributed by atoms with E-state index in [-0.39, 0.29) is 24.6 Å². The zero-order valence-corrected chi connectivity index (χ0v) is 15.8. The second-order valence-electron chi connectivity index (χ2n) is 7.97. The van der Waals surface area contributed by atoms with Crippen molar-refractivity contribution in [1.82, 2.24) is 10.2 Å². The van der Waals surface area contributed by atoms with Crippen LogP contribution in [0, 0.1) is 5.41 Å². The van der Waals surface area contributed by atoms with Crippen molar-refractivity contribution in [2.45, 2.75) is 76.8 Å². The molecule has 2 atom stereocenters. The highest BCUT2D eigenvalue weighted by Gasteiger charge is 2.61. The number of carbonyl (C=O) groups excluding carboxylic acids is 3. The number of unbranched alkanes of at least 4 members (excludes halogenated alkanes) is 1. The van der Waals surface area contributed by atoms with Gasteiger partial charge in [0, 0.05) is 12.1 Å². The first kappa shape index (κ1) is 19.0. The maximum absolute atomic E-state index is 12.9. The molecule has 0 radical (unpaired) electrons. The molecular formula is C19H30N2O5. The van der Waals surface area contributed by atoms with Crippen LogP contribution in [-0.2, 0) is 19.1 Å². The SMILES string of the molecule is CCCCOC(=O)N1C[C@@]2(C[C@H]1C(=O)OCC)CC1(CCCC1)NC2=O. The van der Waals surface area contributed by atoms with E-state index in [0.717, 1.165) is 38.5 Å². The number of esters is 1. The Hall–Kier alpha value is -1.79. The van der Waals surface area contributed by atoms with Gasteiger partial charge < -0.3 is 14.8 Å². The van der Waals surface area contributed by atoms with Crippen LogP contribution in [0.3, 0.4) is 0 Å². The Balaban J connectivity index is 1.78. The molecule has 2 spiro atoms. The van der Waals surface area contributed by atoms with E-state index >= 15 is 0 Å². The maximum atomic E-state index is 12.9. The van der Waals surface area contributed by atoms with Gasteiger partial charge in [0.1, 0.15) is 6.04 Å². The zero-order chi connectivity index (χ0) is 18.8. The van der Waals surface area contributed by atoms with E-state index < -0.39 is 23.5 Å². The molecule has 0 bridgehead atoms. The topological polar surface area (TPSA) is 84.9 Å². The largest absolute Gasteiger partial charge is 0.464 e. The van der Waals surface area contributed by atoms with Crippen molar-refractivity contribution >= 4 is 18.0 Å². The minimum atomic E-state index is -0.744. The standard InChI is InChI=1S/C19H30N2O5/c1-3-5-10-26-17(24)21-13-18(11-14(21)15(22)25-4-2)12-19(20-16(18)23)8-6-7-9-19/h14H,3-13H2,1-2H3,(H,20,23)/t14-,18+/m0/s1. The molecule has 7 heteroatoms. The molecule has 1 aliphatic carbocycles. The highest BCUT2D eigenvalue weighted by atomic mass is 16.6. The summed E-state index contributed by atoms with van der Waals surface area (Å²) in [5.74, 6) is -0.477. The average Bonchev–Trinajstić information content (AvgIpc) is 3.28. The number of nitrogens with zero attached hydrogens (tertiary/aromatic N) is 1. The molecule has 7 nitrogen and oxygen atoms in total. The van der Waals surface area contributed by atoms with E-state index in [9.17, 15) is 14.4 Å². The molecule has 0 aromatic rings. The normalized spacial score (nSPS) is 29.4. The fraction of sp³-hybridized carbons (Fsp3) is 0.842. The number of rotatable bonds is 5. The van der Waals surface area contributed by atoms with Gasteiger partial charge in [-0.15, -0.1) is 0 Å². The van der Waals surface area contributed by atoms with Crippen LogP contribution in [0.2, 0.25) is 0 Å². The first-order valence-corrected chi connectivity index (χ1v) is 9.88. The van der Waals surface area contributed by atoms with E-state index in [0.29, 0.717) is 19.4 Å². The fourth-order valence-corrected chi connectivity index (χ4v) is 4.80. The third-order valence-electron chi connectivity index (χ3n) is 6.05. The number of hydrogen-bond donors (Lipinski definition) is 1. The number of nitrogens with one attached hydrogen (secondary N) is 1. The van der Waals surface area contributed by atoms with Crippen LogP contribution >= 0.6 is 0 Å². The van der Waals surface area contributed by atoms with Gasteiger partial charge in [0.15, 0.2) is 0 Å². The van der Waals surface area contributed by atoms with E-state index in [1.165, 1.54) is 4.90 Å². The van der Waals surface area contributed by atoms with Gasteiger partial charge in [0.25, 0.3) is 0 Å². The lowest BCUT2D eigenvalue weighted by Crippen LogP contribution is -2.42. The number of carbonyl (C=O) groups is 3. The first-order valence-electron chi connectivity index (χ1n) is 9.88. The van der Waals surface area contributed by atoms with Gasteiger partial charge in [0.2, 0.25) is 5.91 Å². The molecule has 3 rings (SSSR count). The smallest absolute Gasteiger partial charge is 0.410 e. The van der Waals surface area contributed by atoms with Crippen molar-refractivity contribution in [2.75, 3.05) is 19.8 Å². The third kappa shape index (κ3) is 3.40. The predicted octanol–water partition coefficient (Wildman–Crippen LogP) is 2.38. The summed E-state index contributed by atoms with van der Waals surface area (Å²) in [5.41, 5.74) is -0.857. The van der Waals surface area contributed by atoms with Crippen molar-refractivity contribution < 1.29 is 23.9 Å². The van der Waals surface area contributed by atoms with Gasteiger partial charge in [-0.3, -0.25) is 9.69 Å². The summed E-state index contributed by atoms with van der Waals surface area (Å²) < 4.78 is 10.5. The molecule has 26 heavy (non-hydrogen) atoms. The lowest BCUT2D eigenvalue weighted by molar-refractivity contribution is -0.148. The van der Waals surface area contributed by atoms with Gasteiger partial charge >= 0.3 is 12.1 Å². The molecule has 3 fully saturated rings. The highest BCUT2D eigenvalue weighted by Crippen LogP contribution is 2.51. The van der Waals surface area contributed by atoms with Crippen LogP contribution in [0.1, 0.15) is 65.2 Å². The Bertz CT molecular complexity index is 572. The first-order chi connectivity index (χ1) is 12.5. The van der Waals surface area contributed by atoms with Crippen LogP contribution in [0.4, 0.5) is 4.79 Å². The number of likely N-dealkylation sites (tertiary alicyclic amines) is 1. The zero-order valence-electron chi connectivity index (χ0n) is 15.8. The molecule has 2 amide bonds. The third-order valence-corrected chi connectivity index (χ3v) is 6.05. The van der Waals surface area contributed by atoms with Crippen molar-refractivity contribution in [3.8, 4) is 0 Å². The van der Waals surface area contributed by atoms with Gasteiger partial charge in [0.05, 0.1) is 18.6 Å². The van der Waals surface area contributed by atoms with Gasteiger partial charge in [-0.25, -0.2) is 9.59 Å². The summed E-state index contributed by atoms with van der Waals surface area (Å²) in [6.45, 7) is 4.56. The van der Waals surface area contributed by atoms with Gasteiger partial charge in [-0.1, -0.05) is 26.2 Å². The lowest BCUT2D eigenvalue weighted by Gasteiger charge is -2.25. The Morgan fingerprint density at radius 3 is 2.62 bits per heavy atom. The lowest BCUT2D eigenvalue weighted by atomic mass is 9.78. The molecule has 1 N–H and O–H groups in total. The Kier molecular flexibility index (Phi) is 5.44. The summed E-state index contributed by atoms with van der Waals surface area (Å²) in [6.07, 6.45) is 6.36. The Morgan fingerprint density at radius 1 is 1.23 bits per heavy atom. The van der Waals surface area contributed by atoms with Crippen molar-refractivity contribution in [3.63, 3.8) is 0 Å². The molecule has 2 heterocycles. The second kappa shape index (κ2) is 7.45. The molecule has 146 valence electrons. The summed E-state index contributed by atoms with van der Waals surface area (Å²) >= 11 is 0. The van der Waals surface area contributed by atoms with Crippen LogP contribution in [0.25, 0.3) is 0 Å². The molecule has 0 unspecified atom stereocenters. The maximum Gasteiger partial charge on any atom is 0.410 e. The molecule has 2 saturated heterocycles. The van der Waals surface area contributed by atoms with Crippen LogP contribution in [0.15, 0.2) is 0 Å². The number of amides is 2. The highest BCUT2D eigenvalue weighted by molar-refractivity contribution is 5.91. The van der Waals surface area contributed by atoms with Crippen LogP contribution in [-0.4, -0.2) is 54.2 Å². The van der Waals surface area contributed by atoms with Gasteiger partial charge in [-0.05, 0) is 39.0 Å². The van der Waals surface area contributed by atoms with E-state index in [1.54, 1.807) is 6.92 Å². The van der Waals surface area contributed by atoms with Crippen LogP contribution in [0.5, 0.6) is 0 Å².